The number of likely N-dealkylation sites (N-methyl/N-ethyl adjacent to an activating group) is 1. The van der Waals surface area contributed by atoms with E-state index in [9.17, 15) is 4.79 Å². The summed E-state index contributed by atoms with van der Waals surface area (Å²) in [5.41, 5.74) is 6.70. The van der Waals surface area contributed by atoms with Crippen LogP contribution in [-0.4, -0.2) is 37.1 Å². The minimum atomic E-state index is -0.682. The molecule has 1 fully saturated rings. The highest BCUT2D eigenvalue weighted by Crippen LogP contribution is 2.16. The Hall–Kier alpha value is -1.39. The van der Waals surface area contributed by atoms with Crippen molar-refractivity contribution in [3.05, 3.63) is 35.9 Å². The molecule has 1 heterocycles. The van der Waals surface area contributed by atoms with Crippen LogP contribution in [0.25, 0.3) is 0 Å². The van der Waals surface area contributed by atoms with Crippen molar-refractivity contribution in [1.29, 1.82) is 0 Å². The van der Waals surface area contributed by atoms with Crippen molar-refractivity contribution in [2.24, 2.45) is 5.73 Å². The summed E-state index contributed by atoms with van der Waals surface area (Å²) in [4.78, 5) is 14.1. The molecule has 1 saturated heterocycles. The van der Waals surface area contributed by atoms with Gasteiger partial charge in [0, 0.05) is 6.54 Å². The van der Waals surface area contributed by atoms with E-state index in [1.807, 2.05) is 37.4 Å². The van der Waals surface area contributed by atoms with Crippen LogP contribution >= 0.6 is 0 Å². The van der Waals surface area contributed by atoms with Gasteiger partial charge in [-0.2, -0.15) is 0 Å². The number of carbonyl (C=O) groups is 1. The van der Waals surface area contributed by atoms with Crippen LogP contribution in [0.5, 0.6) is 0 Å². The van der Waals surface area contributed by atoms with Crippen LogP contribution in [0.15, 0.2) is 30.3 Å². The SMILES string of the molecule is CN1CCC[C@@H](OC(=O)C(N)c2ccccc2)C1. The van der Waals surface area contributed by atoms with Crippen LogP contribution in [0.4, 0.5) is 0 Å². The molecule has 1 aliphatic rings. The van der Waals surface area contributed by atoms with Crippen LogP contribution < -0.4 is 5.73 Å². The van der Waals surface area contributed by atoms with Gasteiger partial charge in [-0.25, -0.2) is 4.79 Å². The zero-order valence-electron chi connectivity index (χ0n) is 10.7. The lowest BCUT2D eigenvalue weighted by Crippen LogP contribution is -2.39. The summed E-state index contributed by atoms with van der Waals surface area (Å²) in [6, 6.07) is 8.65. The van der Waals surface area contributed by atoms with Gasteiger partial charge in [-0.05, 0) is 32.0 Å². The number of nitrogens with zero attached hydrogens (tertiary/aromatic N) is 1. The number of ether oxygens (including phenoxy) is 1. The van der Waals surface area contributed by atoms with Gasteiger partial charge in [0.2, 0.25) is 0 Å². The lowest BCUT2D eigenvalue weighted by atomic mass is 10.1. The lowest BCUT2D eigenvalue weighted by Gasteiger charge is -2.30. The van der Waals surface area contributed by atoms with Crippen molar-refractivity contribution in [1.82, 2.24) is 4.90 Å². The monoisotopic (exact) mass is 248 g/mol. The molecule has 4 nitrogen and oxygen atoms in total. The van der Waals surface area contributed by atoms with E-state index >= 15 is 0 Å². The Morgan fingerprint density at radius 1 is 1.44 bits per heavy atom. The summed E-state index contributed by atoms with van der Waals surface area (Å²) >= 11 is 0. The number of esters is 1. The molecule has 1 aliphatic heterocycles. The number of benzene rings is 1. The van der Waals surface area contributed by atoms with Crippen molar-refractivity contribution in [2.45, 2.75) is 25.0 Å². The van der Waals surface area contributed by atoms with E-state index in [1.165, 1.54) is 0 Å². The Morgan fingerprint density at radius 2 is 2.17 bits per heavy atom. The molecule has 0 spiro atoms. The van der Waals surface area contributed by atoms with Gasteiger partial charge in [0.05, 0.1) is 0 Å². The maximum Gasteiger partial charge on any atom is 0.327 e. The first-order valence-electron chi connectivity index (χ1n) is 6.36. The maximum absolute atomic E-state index is 12.0. The molecule has 1 aromatic carbocycles. The Bertz CT molecular complexity index is 394. The van der Waals surface area contributed by atoms with Gasteiger partial charge in [0.1, 0.15) is 12.1 Å². The summed E-state index contributed by atoms with van der Waals surface area (Å²) in [7, 11) is 2.04. The molecular weight excluding hydrogens is 228 g/mol. The molecule has 0 amide bonds. The molecule has 0 aliphatic carbocycles. The van der Waals surface area contributed by atoms with Crippen LogP contribution in [0.2, 0.25) is 0 Å². The Morgan fingerprint density at radius 3 is 2.83 bits per heavy atom. The van der Waals surface area contributed by atoms with E-state index in [0.29, 0.717) is 0 Å². The van der Waals surface area contributed by atoms with Crippen molar-refractivity contribution >= 4 is 5.97 Å². The predicted octanol–water partition coefficient (Wildman–Crippen LogP) is 1.32. The average molecular weight is 248 g/mol. The molecule has 98 valence electrons. The van der Waals surface area contributed by atoms with E-state index in [4.69, 9.17) is 10.5 Å². The van der Waals surface area contributed by atoms with Crippen LogP contribution in [0.3, 0.4) is 0 Å². The molecule has 2 N–H and O–H groups in total. The first kappa shape index (κ1) is 13.1. The topological polar surface area (TPSA) is 55.6 Å². The zero-order valence-corrected chi connectivity index (χ0v) is 10.7. The van der Waals surface area contributed by atoms with Gasteiger partial charge in [0.15, 0.2) is 0 Å². The molecule has 0 radical (unpaired) electrons. The molecule has 2 atom stereocenters. The third kappa shape index (κ3) is 3.31. The van der Waals surface area contributed by atoms with E-state index in [0.717, 1.165) is 31.5 Å². The largest absolute Gasteiger partial charge is 0.460 e. The van der Waals surface area contributed by atoms with Crippen molar-refractivity contribution in [3.63, 3.8) is 0 Å². The molecule has 4 heteroatoms. The fourth-order valence-electron chi connectivity index (χ4n) is 2.25. The predicted molar refractivity (Wildman–Crippen MR) is 70.0 cm³/mol. The number of likely N-dealkylation sites (tertiary alicyclic amines) is 1. The molecule has 0 saturated carbocycles. The molecule has 0 aromatic heterocycles. The second-order valence-corrected chi connectivity index (χ2v) is 4.85. The van der Waals surface area contributed by atoms with Gasteiger partial charge in [-0.15, -0.1) is 0 Å². The first-order chi connectivity index (χ1) is 8.66. The van der Waals surface area contributed by atoms with Gasteiger partial charge in [-0.1, -0.05) is 30.3 Å². The number of piperidine rings is 1. The fourth-order valence-corrected chi connectivity index (χ4v) is 2.25. The minimum absolute atomic E-state index is 0.0222. The second-order valence-electron chi connectivity index (χ2n) is 4.85. The summed E-state index contributed by atoms with van der Waals surface area (Å²) < 4.78 is 5.47. The number of nitrogens with two attached hydrogens (primary N) is 1. The molecule has 2 rings (SSSR count). The standard InChI is InChI=1S/C14H20N2O2/c1-16-9-5-8-12(10-16)18-14(17)13(15)11-6-3-2-4-7-11/h2-4,6-7,12-13H,5,8-10,15H2,1H3/t12-,13?/m1/s1. The molecule has 1 aromatic rings. The van der Waals surface area contributed by atoms with Crippen molar-refractivity contribution < 1.29 is 9.53 Å². The quantitative estimate of drug-likeness (QED) is 0.820. The van der Waals surface area contributed by atoms with Gasteiger partial charge in [-0.3, -0.25) is 0 Å². The summed E-state index contributed by atoms with van der Waals surface area (Å²) in [5.74, 6) is -0.332. The average Bonchev–Trinajstić information content (AvgIpc) is 2.39. The van der Waals surface area contributed by atoms with Crippen molar-refractivity contribution in [3.8, 4) is 0 Å². The third-order valence-electron chi connectivity index (χ3n) is 3.28. The second kappa shape index (κ2) is 5.98. The normalized spacial score (nSPS) is 22.4. The number of rotatable bonds is 3. The zero-order chi connectivity index (χ0) is 13.0. The molecule has 18 heavy (non-hydrogen) atoms. The van der Waals surface area contributed by atoms with Crippen LogP contribution in [0.1, 0.15) is 24.4 Å². The first-order valence-corrected chi connectivity index (χ1v) is 6.36. The Labute approximate surface area is 108 Å². The van der Waals surface area contributed by atoms with Crippen LogP contribution in [-0.2, 0) is 9.53 Å². The number of carbonyl (C=O) groups excluding carboxylic acids is 1. The van der Waals surface area contributed by atoms with E-state index in [-0.39, 0.29) is 12.1 Å². The fraction of sp³-hybridized carbons (Fsp3) is 0.500. The Kier molecular flexibility index (Phi) is 4.33. The highest BCUT2D eigenvalue weighted by molar-refractivity contribution is 5.77. The van der Waals surface area contributed by atoms with Gasteiger partial charge < -0.3 is 15.4 Å². The smallest absolute Gasteiger partial charge is 0.327 e. The van der Waals surface area contributed by atoms with Crippen molar-refractivity contribution in [2.75, 3.05) is 20.1 Å². The summed E-state index contributed by atoms with van der Waals surface area (Å²) in [5, 5.41) is 0. The molecule has 1 unspecified atom stereocenters. The summed E-state index contributed by atoms with van der Waals surface area (Å²) in [6.07, 6.45) is 1.97. The Balaban J connectivity index is 1.91. The molecule has 0 bridgehead atoms. The van der Waals surface area contributed by atoms with E-state index in [2.05, 4.69) is 4.90 Å². The highest BCUT2D eigenvalue weighted by Gasteiger charge is 2.24. The maximum atomic E-state index is 12.0. The minimum Gasteiger partial charge on any atom is -0.460 e. The van der Waals surface area contributed by atoms with E-state index in [1.54, 1.807) is 0 Å². The highest BCUT2D eigenvalue weighted by atomic mass is 16.5. The lowest BCUT2D eigenvalue weighted by molar-refractivity contribution is -0.153. The molecular formula is C14H20N2O2. The number of hydrogen-bond acceptors (Lipinski definition) is 4. The number of hydrogen-bond donors (Lipinski definition) is 1. The van der Waals surface area contributed by atoms with E-state index < -0.39 is 6.04 Å². The van der Waals surface area contributed by atoms with Gasteiger partial charge >= 0.3 is 5.97 Å². The summed E-state index contributed by atoms with van der Waals surface area (Å²) in [6.45, 7) is 1.87. The van der Waals surface area contributed by atoms with Crippen LogP contribution in [0, 0.1) is 0 Å². The third-order valence-corrected chi connectivity index (χ3v) is 3.28. The van der Waals surface area contributed by atoms with Gasteiger partial charge in [0.25, 0.3) is 0 Å².